The third kappa shape index (κ3) is 4.99. The molecule has 3 aromatic rings. The second-order valence-electron chi connectivity index (χ2n) is 7.10. The van der Waals surface area contributed by atoms with Crippen molar-refractivity contribution in [3.8, 4) is 11.1 Å². The largest absolute Gasteiger partial charge is 0.416 e. The van der Waals surface area contributed by atoms with E-state index in [0.717, 1.165) is 12.1 Å². The Labute approximate surface area is 184 Å². The van der Waals surface area contributed by atoms with Crippen molar-refractivity contribution >= 4 is 17.5 Å². The summed E-state index contributed by atoms with van der Waals surface area (Å²) in [6, 6.07) is 18.1. The van der Waals surface area contributed by atoms with Crippen LogP contribution in [-0.2, 0) is 6.18 Å². The quantitative estimate of drug-likeness (QED) is 0.503. The SMILES string of the molecule is CCN(CC)C(=O)c1ccccc1NC(=O)c1ccccc1-c1ccc(C(F)(F)F)cc1. The molecule has 0 aliphatic heterocycles. The molecule has 2 amide bonds. The van der Waals surface area contributed by atoms with Crippen LogP contribution in [0, 0.1) is 0 Å². The molecule has 0 saturated heterocycles. The molecule has 0 aliphatic rings. The van der Waals surface area contributed by atoms with Gasteiger partial charge in [0.25, 0.3) is 11.8 Å². The normalized spacial score (nSPS) is 11.2. The summed E-state index contributed by atoms with van der Waals surface area (Å²) >= 11 is 0. The number of benzene rings is 3. The van der Waals surface area contributed by atoms with Crippen molar-refractivity contribution in [2.45, 2.75) is 20.0 Å². The van der Waals surface area contributed by atoms with Crippen LogP contribution in [0.25, 0.3) is 11.1 Å². The Morgan fingerprint density at radius 2 is 1.38 bits per heavy atom. The average molecular weight is 440 g/mol. The first-order valence-electron chi connectivity index (χ1n) is 10.2. The van der Waals surface area contributed by atoms with Gasteiger partial charge in [-0.05, 0) is 55.3 Å². The molecule has 4 nitrogen and oxygen atoms in total. The monoisotopic (exact) mass is 440 g/mol. The lowest BCUT2D eigenvalue weighted by Crippen LogP contribution is -2.31. The predicted molar refractivity (Wildman–Crippen MR) is 119 cm³/mol. The van der Waals surface area contributed by atoms with Crippen molar-refractivity contribution in [2.24, 2.45) is 0 Å². The van der Waals surface area contributed by atoms with E-state index >= 15 is 0 Å². The molecule has 0 fully saturated rings. The third-order valence-corrected chi connectivity index (χ3v) is 5.15. The molecule has 0 aliphatic carbocycles. The van der Waals surface area contributed by atoms with Gasteiger partial charge in [0.15, 0.2) is 0 Å². The van der Waals surface area contributed by atoms with Gasteiger partial charge in [-0.25, -0.2) is 0 Å². The van der Waals surface area contributed by atoms with Gasteiger partial charge in [0, 0.05) is 18.7 Å². The Hall–Kier alpha value is -3.61. The number of nitrogens with one attached hydrogen (secondary N) is 1. The topological polar surface area (TPSA) is 49.4 Å². The van der Waals surface area contributed by atoms with E-state index in [2.05, 4.69) is 5.32 Å². The molecule has 0 heterocycles. The van der Waals surface area contributed by atoms with E-state index in [1.165, 1.54) is 12.1 Å². The molecule has 0 saturated carbocycles. The Morgan fingerprint density at radius 1 is 0.812 bits per heavy atom. The van der Waals surface area contributed by atoms with Gasteiger partial charge in [-0.1, -0.05) is 42.5 Å². The molecule has 32 heavy (non-hydrogen) atoms. The van der Waals surface area contributed by atoms with Crippen LogP contribution in [0.2, 0.25) is 0 Å². The van der Waals surface area contributed by atoms with Crippen LogP contribution in [0.15, 0.2) is 72.8 Å². The Kier molecular flexibility index (Phi) is 6.98. The third-order valence-electron chi connectivity index (χ3n) is 5.15. The summed E-state index contributed by atoms with van der Waals surface area (Å²) in [6.07, 6.45) is -4.43. The minimum Gasteiger partial charge on any atom is -0.339 e. The highest BCUT2D eigenvalue weighted by Gasteiger charge is 2.30. The van der Waals surface area contributed by atoms with Crippen molar-refractivity contribution in [1.82, 2.24) is 4.90 Å². The maximum absolute atomic E-state index is 13.1. The van der Waals surface area contributed by atoms with E-state index in [9.17, 15) is 22.8 Å². The maximum atomic E-state index is 13.1. The maximum Gasteiger partial charge on any atom is 0.416 e. The van der Waals surface area contributed by atoms with Crippen LogP contribution in [0.4, 0.5) is 18.9 Å². The van der Waals surface area contributed by atoms with Crippen molar-refractivity contribution in [1.29, 1.82) is 0 Å². The summed E-state index contributed by atoms with van der Waals surface area (Å²) in [5.41, 5.74) is 1.25. The number of hydrogen-bond acceptors (Lipinski definition) is 2. The molecule has 0 unspecified atom stereocenters. The van der Waals surface area contributed by atoms with E-state index in [0.29, 0.717) is 35.5 Å². The zero-order valence-corrected chi connectivity index (χ0v) is 17.7. The van der Waals surface area contributed by atoms with E-state index in [-0.39, 0.29) is 11.5 Å². The molecule has 0 atom stereocenters. The van der Waals surface area contributed by atoms with Gasteiger partial charge in [-0.15, -0.1) is 0 Å². The number of amides is 2. The van der Waals surface area contributed by atoms with E-state index < -0.39 is 17.6 Å². The van der Waals surface area contributed by atoms with Gasteiger partial charge in [0.1, 0.15) is 0 Å². The first kappa shape index (κ1) is 23.1. The van der Waals surface area contributed by atoms with Gasteiger partial charge in [0.05, 0.1) is 16.8 Å². The molecule has 3 aromatic carbocycles. The molecule has 0 spiro atoms. The summed E-state index contributed by atoms with van der Waals surface area (Å²) in [6.45, 7) is 4.83. The number of hydrogen-bond donors (Lipinski definition) is 1. The Morgan fingerprint density at radius 3 is 1.97 bits per heavy atom. The van der Waals surface area contributed by atoms with Crippen molar-refractivity contribution in [2.75, 3.05) is 18.4 Å². The first-order chi connectivity index (χ1) is 15.3. The minimum absolute atomic E-state index is 0.193. The second kappa shape index (κ2) is 9.68. The van der Waals surface area contributed by atoms with Crippen molar-refractivity contribution in [3.05, 3.63) is 89.5 Å². The lowest BCUT2D eigenvalue weighted by molar-refractivity contribution is -0.137. The number of rotatable bonds is 6. The molecule has 1 N–H and O–H groups in total. The number of carbonyl (C=O) groups excluding carboxylic acids is 2. The van der Waals surface area contributed by atoms with Crippen molar-refractivity contribution < 1.29 is 22.8 Å². The first-order valence-corrected chi connectivity index (χ1v) is 10.2. The molecule has 0 radical (unpaired) electrons. The van der Waals surface area contributed by atoms with Crippen LogP contribution in [0.1, 0.15) is 40.1 Å². The van der Waals surface area contributed by atoms with Crippen LogP contribution < -0.4 is 5.32 Å². The molecule has 0 aromatic heterocycles. The average Bonchev–Trinajstić information content (AvgIpc) is 2.79. The lowest BCUT2D eigenvalue weighted by atomic mass is 9.98. The van der Waals surface area contributed by atoms with E-state index in [1.807, 2.05) is 13.8 Å². The van der Waals surface area contributed by atoms with E-state index in [4.69, 9.17) is 0 Å². The molecular weight excluding hydrogens is 417 g/mol. The van der Waals surface area contributed by atoms with Gasteiger partial charge in [0.2, 0.25) is 0 Å². The summed E-state index contributed by atoms with van der Waals surface area (Å²) in [4.78, 5) is 27.6. The van der Waals surface area contributed by atoms with Crippen molar-refractivity contribution in [3.63, 3.8) is 0 Å². The summed E-state index contributed by atoms with van der Waals surface area (Å²) < 4.78 is 38.7. The summed E-state index contributed by atoms with van der Waals surface area (Å²) in [7, 11) is 0. The lowest BCUT2D eigenvalue weighted by Gasteiger charge is -2.20. The molecule has 7 heteroatoms. The number of carbonyl (C=O) groups is 2. The number of alkyl halides is 3. The molecule has 0 bridgehead atoms. The smallest absolute Gasteiger partial charge is 0.339 e. The molecular formula is C25H23F3N2O2. The van der Waals surface area contributed by atoms with Gasteiger partial charge < -0.3 is 10.2 Å². The zero-order valence-electron chi connectivity index (χ0n) is 17.7. The summed E-state index contributed by atoms with van der Waals surface area (Å²) in [5.74, 6) is -0.651. The highest BCUT2D eigenvalue weighted by atomic mass is 19.4. The fraction of sp³-hybridized carbons (Fsp3) is 0.200. The van der Waals surface area contributed by atoms with Crippen LogP contribution in [-0.4, -0.2) is 29.8 Å². The van der Waals surface area contributed by atoms with Gasteiger partial charge in [-0.3, -0.25) is 9.59 Å². The number of halogens is 3. The summed E-state index contributed by atoms with van der Waals surface area (Å²) in [5, 5.41) is 2.79. The second-order valence-corrected chi connectivity index (χ2v) is 7.10. The fourth-order valence-electron chi connectivity index (χ4n) is 3.42. The minimum atomic E-state index is -4.43. The highest BCUT2D eigenvalue weighted by Crippen LogP contribution is 2.32. The van der Waals surface area contributed by atoms with Gasteiger partial charge >= 0.3 is 6.18 Å². The molecule has 3 rings (SSSR count). The number of anilines is 1. The van der Waals surface area contributed by atoms with Gasteiger partial charge in [-0.2, -0.15) is 13.2 Å². The fourth-order valence-corrected chi connectivity index (χ4v) is 3.42. The van der Waals surface area contributed by atoms with Crippen LogP contribution in [0.3, 0.4) is 0 Å². The number of para-hydroxylation sites is 1. The van der Waals surface area contributed by atoms with Crippen LogP contribution >= 0.6 is 0 Å². The predicted octanol–water partition coefficient (Wildman–Crippen LogP) is 6.11. The Balaban J connectivity index is 1.92. The highest BCUT2D eigenvalue weighted by molar-refractivity contribution is 6.11. The zero-order chi connectivity index (χ0) is 23.3. The Bertz CT molecular complexity index is 1100. The molecule has 166 valence electrons. The number of nitrogens with zero attached hydrogens (tertiary/aromatic N) is 1. The van der Waals surface area contributed by atoms with Crippen LogP contribution in [0.5, 0.6) is 0 Å². The van der Waals surface area contributed by atoms with E-state index in [1.54, 1.807) is 53.4 Å². The standard InChI is InChI=1S/C25H23F3N2O2/c1-3-30(4-2)24(32)21-11-7-8-12-22(21)29-23(31)20-10-6-5-9-19(20)17-13-15-18(16-14-17)25(26,27)28/h5-16H,3-4H2,1-2H3,(H,29,31).